The van der Waals surface area contributed by atoms with Gasteiger partial charge in [-0.15, -0.1) is 13.2 Å². The molecule has 5 nitrogen and oxygen atoms in total. The van der Waals surface area contributed by atoms with Crippen molar-refractivity contribution in [2.24, 2.45) is 5.92 Å². The second-order valence-electron chi connectivity index (χ2n) is 7.87. The number of pyridine rings is 1. The third-order valence-corrected chi connectivity index (χ3v) is 5.27. The topological polar surface area (TPSA) is 58.1 Å². The molecule has 0 spiro atoms. The maximum absolute atomic E-state index is 12.4. The van der Waals surface area contributed by atoms with Crippen molar-refractivity contribution < 1.29 is 4.79 Å². The van der Waals surface area contributed by atoms with Gasteiger partial charge < -0.3 is 14.5 Å². The number of aryl methyl sites for hydroxylation is 1. The molecule has 1 N–H and O–H groups in total. The molecule has 0 aliphatic heterocycles. The van der Waals surface area contributed by atoms with Gasteiger partial charge >= 0.3 is 0 Å². The molecule has 1 saturated carbocycles. The monoisotopic (exact) mass is 425 g/mol. The molecule has 0 saturated heterocycles. The lowest BCUT2D eigenvalue weighted by molar-refractivity contribution is -0.127. The Labute approximate surface area is 187 Å². The molecule has 0 bridgehead atoms. The summed E-state index contributed by atoms with van der Waals surface area (Å²) in [7, 11) is 3.53. The van der Waals surface area contributed by atoms with Gasteiger partial charge in [0.15, 0.2) is 0 Å². The molecule has 0 unspecified atom stereocenters. The maximum Gasteiger partial charge on any atom is 0.274 e. The number of carbonyl (C=O) groups is 1. The minimum Gasteiger partial charge on any atom is -0.357 e. The van der Waals surface area contributed by atoms with Crippen LogP contribution in [0.1, 0.15) is 57.9 Å². The summed E-state index contributed by atoms with van der Waals surface area (Å²) in [5.74, 6) is 0.994. The first kappa shape index (κ1) is 26.2. The van der Waals surface area contributed by atoms with Crippen molar-refractivity contribution in [3.8, 4) is 0 Å². The normalized spacial score (nSPS) is 12.6. The fourth-order valence-electron chi connectivity index (χ4n) is 3.10. The number of carbonyl (C=O) groups excluding carboxylic acids is 1. The molecule has 170 valence electrons. The number of aromatic nitrogens is 2. The first-order chi connectivity index (χ1) is 14.9. The Balaban J connectivity index is 0.000000343. The maximum atomic E-state index is 12.4. The minimum atomic E-state index is 0.0910. The highest BCUT2D eigenvalue weighted by Crippen LogP contribution is 2.33. The van der Waals surface area contributed by atoms with E-state index in [-0.39, 0.29) is 11.5 Å². The smallest absolute Gasteiger partial charge is 0.274 e. The summed E-state index contributed by atoms with van der Waals surface area (Å²) in [6, 6.07) is 1.97. The van der Waals surface area contributed by atoms with Crippen LogP contribution in [-0.2, 0) is 11.3 Å². The molecule has 0 atom stereocenters. The zero-order valence-corrected chi connectivity index (χ0v) is 19.7. The molecular weight excluding hydrogens is 386 g/mol. The Hall–Kier alpha value is -2.82. The molecule has 31 heavy (non-hydrogen) atoms. The number of hydrogen-bond donors (Lipinski definition) is 1. The summed E-state index contributed by atoms with van der Waals surface area (Å²) in [6.45, 7) is 15.1. The van der Waals surface area contributed by atoms with E-state index in [0.717, 1.165) is 48.2 Å². The third-order valence-electron chi connectivity index (χ3n) is 5.27. The van der Waals surface area contributed by atoms with Crippen molar-refractivity contribution in [1.82, 2.24) is 14.5 Å². The number of aromatic amines is 1. The zero-order valence-electron chi connectivity index (χ0n) is 19.7. The highest BCUT2D eigenvalue weighted by atomic mass is 16.2. The second-order valence-corrected chi connectivity index (χ2v) is 7.87. The van der Waals surface area contributed by atoms with Gasteiger partial charge in [-0.1, -0.05) is 45.4 Å². The van der Waals surface area contributed by atoms with Gasteiger partial charge in [-0.25, -0.2) is 0 Å². The molecule has 2 heterocycles. The molecule has 1 aliphatic rings. The quantitative estimate of drug-likeness (QED) is 0.545. The standard InChI is InChI=1S/C16H20N2O.C8H15NO.C2H4/c1-3-11(2)14-10-18(9-7-12-4-5-12)16(19)15-13(14)6-8-17-15;1-4-5-6-7-8(10)9(2)3;1-2/h6,8,10,12,17H,2-5,7,9H2,1H3;5-6H,4,7H2,1-3H3;1-2H2/b;6-5-;. The van der Waals surface area contributed by atoms with E-state index in [0.29, 0.717) is 11.9 Å². The Bertz CT molecular complexity index is 930. The van der Waals surface area contributed by atoms with Gasteiger partial charge in [-0.3, -0.25) is 9.59 Å². The zero-order chi connectivity index (χ0) is 23.4. The van der Waals surface area contributed by atoms with Crippen LogP contribution in [0, 0.1) is 5.92 Å². The van der Waals surface area contributed by atoms with Crippen molar-refractivity contribution in [2.45, 2.75) is 58.9 Å². The van der Waals surface area contributed by atoms with Gasteiger partial charge in [0.2, 0.25) is 5.91 Å². The molecule has 0 aromatic carbocycles. The molecule has 2 aromatic rings. The predicted molar refractivity (Wildman–Crippen MR) is 133 cm³/mol. The van der Waals surface area contributed by atoms with Crippen LogP contribution in [0.15, 0.2) is 55.1 Å². The Morgan fingerprint density at radius 1 is 1.26 bits per heavy atom. The van der Waals surface area contributed by atoms with Crippen LogP contribution in [0.4, 0.5) is 0 Å². The number of nitrogens with zero attached hydrogens (tertiary/aromatic N) is 2. The third kappa shape index (κ3) is 8.08. The van der Waals surface area contributed by atoms with E-state index < -0.39 is 0 Å². The Kier molecular flexibility index (Phi) is 11.4. The van der Waals surface area contributed by atoms with Crippen LogP contribution >= 0.6 is 0 Å². The van der Waals surface area contributed by atoms with Crippen molar-refractivity contribution in [2.75, 3.05) is 14.1 Å². The van der Waals surface area contributed by atoms with Gasteiger partial charge in [-0.2, -0.15) is 0 Å². The number of H-pyrrole nitrogens is 1. The Morgan fingerprint density at radius 2 is 1.94 bits per heavy atom. The lowest BCUT2D eigenvalue weighted by Crippen LogP contribution is -2.21. The van der Waals surface area contributed by atoms with Crippen LogP contribution in [0.25, 0.3) is 16.5 Å². The number of amides is 1. The number of rotatable bonds is 8. The van der Waals surface area contributed by atoms with Gasteiger partial charge in [0.05, 0.1) is 0 Å². The lowest BCUT2D eigenvalue weighted by Gasteiger charge is -2.11. The van der Waals surface area contributed by atoms with E-state index in [1.165, 1.54) is 12.8 Å². The highest BCUT2D eigenvalue weighted by Gasteiger charge is 2.21. The van der Waals surface area contributed by atoms with E-state index in [2.05, 4.69) is 38.6 Å². The number of fused-ring (bicyclic) bond motifs is 1. The second kappa shape index (κ2) is 13.5. The molecule has 1 aliphatic carbocycles. The minimum absolute atomic E-state index is 0.0910. The van der Waals surface area contributed by atoms with Crippen molar-refractivity contribution in [3.05, 3.63) is 66.3 Å². The van der Waals surface area contributed by atoms with E-state index in [1.54, 1.807) is 19.0 Å². The largest absolute Gasteiger partial charge is 0.357 e. The van der Waals surface area contributed by atoms with Crippen LogP contribution < -0.4 is 5.56 Å². The van der Waals surface area contributed by atoms with E-state index >= 15 is 0 Å². The van der Waals surface area contributed by atoms with Gasteiger partial charge in [0.1, 0.15) is 5.52 Å². The van der Waals surface area contributed by atoms with E-state index in [9.17, 15) is 9.59 Å². The molecule has 1 amide bonds. The van der Waals surface area contributed by atoms with Gasteiger partial charge in [-0.05, 0) is 36.8 Å². The summed E-state index contributed by atoms with van der Waals surface area (Å²) in [4.78, 5) is 28.0. The number of allylic oxidation sites excluding steroid dienone is 2. The van der Waals surface area contributed by atoms with Crippen molar-refractivity contribution in [3.63, 3.8) is 0 Å². The molecule has 2 aromatic heterocycles. The fraction of sp³-hybridized carbons (Fsp3) is 0.462. The summed E-state index contributed by atoms with van der Waals surface area (Å²) in [5.41, 5.74) is 3.00. The highest BCUT2D eigenvalue weighted by molar-refractivity contribution is 5.90. The fourth-order valence-corrected chi connectivity index (χ4v) is 3.10. The average molecular weight is 426 g/mol. The number of nitrogens with one attached hydrogen (secondary N) is 1. The van der Waals surface area contributed by atoms with Crippen LogP contribution in [0.5, 0.6) is 0 Å². The summed E-state index contributed by atoms with van der Waals surface area (Å²) >= 11 is 0. The molecule has 3 rings (SSSR count). The van der Waals surface area contributed by atoms with E-state index in [1.807, 2.05) is 35.2 Å². The van der Waals surface area contributed by atoms with Crippen LogP contribution in [0.2, 0.25) is 0 Å². The summed E-state index contributed by atoms with van der Waals surface area (Å²) in [6.07, 6.45) is 13.9. The van der Waals surface area contributed by atoms with Crippen LogP contribution in [-0.4, -0.2) is 34.5 Å². The number of hydrogen-bond acceptors (Lipinski definition) is 2. The molecule has 1 fully saturated rings. The molecular formula is C26H39N3O2. The molecule has 0 radical (unpaired) electrons. The average Bonchev–Trinajstić information content (AvgIpc) is 3.48. The lowest BCUT2D eigenvalue weighted by atomic mass is 10.0. The summed E-state index contributed by atoms with van der Waals surface area (Å²) in [5, 5.41) is 1.000. The first-order valence-corrected chi connectivity index (χ1v) is 11.1. The van der Waals surface area contributed by atoms with Crippen molar-refractivity contribution in [1.29, 1.82) is 0 Å². The Morgan fingerprint density at radius 3 is 2.48 bits per heavy atom. The van der Waals surface area contributed by atoms with Gasteiger partial charge in [0.25, 0.3) is 5.56 Å². The van der Waals surface area contributed by atoms with Crippen molar-refractivity contribution >= 4 is 22.4 Å². The summed E-state index contributed by atoms with van der Waals surface area (Å²) < 4.78 is 1.85. The van der Waals surface area contributed by atoms with Crippen LogP contribution in [0.3, 0.4) is 0 Å². The molecule has 5 heteroatoms. The van der Waals surface area contributed by atoms with Gasteiger partial charge in [0, 0.05) is 50.4 Å². The first-order valence-electron chi connectivity index (χ1n) is 11.1. The SMILES string of the molecule is C=C.C=C(CC)c1cn(CCC2CC2)c(=O)c2[nH]ccc12.CC/C=C\CC(=O)N(C)C. The predicted octanol–water partition coefficient (Wildman–Crippen LogP) is 5.79. The van der Waals surface area contributed by atoms with E-state index in [4.69, 9.17) is 0 Å².